The van der Waals surface area contributed by atoms with Gasteiger partial charge < -0.3 is 5.32 Å². The Morgan fingerprint density at radius 2 is 2.27 bits per heavy atom. The first-order valence-electron chi connectivity index (χ1n) is 5.34. The lowest BCUT2D eigenvalue weighted by Crippen LogP contribution is -2.08. The molecule has 2 aromatic heterocycles. The van der Waals surface area contributed by atoms with Gasteiger partial charge in [-0.2, -0.15) is 0 Å². The number of nitrogens with zero attached hydrogens (tertiary/aromatic N) is 2. The molecule has 1 atom stereocenters. The molecule has 3 heterocycles. The number of hydrogen-bond donors (Lipinski definition) is 1. The van der Waals surface area contributed by atoms with Crippen molar-refractivity contribution in [2.45, 2.75) is 12.3 Å². The van der Waals surface area contributed by atoms with E-state index in [4.69, 9.17) is 0 Å². The fourth-order valence-corrected chi connectivity index (χ4v) is 2.29. The van der Waals surface area contributed by atoms with E-state index in [0.717, 1.165) is 18.6 Å². The van der Waals surface area contributed by atoms with Gasteiger partial charge in [-0.1, -0.05) is 0 Å². The monoisotopic (exact) mass is 199 g/mol. The Kier molecular flexibility index (Phi) is 2.10. The Labute approximate surface area is 88.6 Å². The van der Waals surface area contributed by atoms with Crippen LogP contribution in [0.1, 0.15) is 17.9 Å². The summed E-state index contributed by atoms with van der Waals surface area (Å²) < 4.78 is 0. The molecule has 76 valence electrons. The SMILES string of the molecule is c1cc2nccc(C3CCNC3)c2cn1. The van der Waals surface area contributed by atoms with E-state index in [1.165, 1.54) is 17.4 Å². The molecule has 1 fully saturated rings. The van der Waals surface area contributed by atoms with E-state index in [0.29, 0.717) is 5.92 Å². The van der Waals surface area contributed by atoms with Gasteiger partial charge in [-0.05, 0) is 36.6 Å². The van der Waals surface area contributed by atoms with Crippen molar-refractivity contribution in [3.63, 3.8) is 0 Å². The molecular weight excluding hydrogens is 186 g/mol. The van der Waals surface area contributed by atoms with Gasteiger partial charge in [0.25, 0.3) is 0 Å². The molecule has 1 saturated heterocycles. The smallest absolute Gasteiger partial charge is 0.0735 e. The first-order chi connectivity index (χ1) is 7.45. The van der Waals surface area contributed by atoms with Crippen LogP contribution in [0, 0.1) is 0 Å². The number of aromatic nitrogens is 2. The highest BCUT2D eigenvalue weighted by Crippen LogP contribution is 2.27. The molecule has 0 bridgehead atoms. The van der Waals surface area contributed by atoms with Crippen LogP contribution in [0.2, 0.25) is 0 Å². The third-order valence-electron chi connectivity index (χ3n) is 3.08. The zero-order chi connectivity index (χ0) is 10.1. The molecule has 3 heteroatoms. The van der Waals surface area contributed by atoms with Gasteiger partial charge in [0.15, 0.2) is 0 Å². The topological polar surface area (TPSA) is 37.8 Å². The number of pyridine rings is 2. The molecule has 0 spiro atoms. The highest BCUT2D eigenvalue weighted by atomic mass is 14.9. The molecule has 3 nitrogen and oxygen atoms in total. The van der Waals surface area contributed by atoms with Crippen molar-refractivity contribution in [2.75, 3.05) is 13.1 Å². The van der Waals surface area contributed by atoms with Gasteiger partial charge in [-0.25, -0.2) is 0 Å². The van der Waals surface area contributed by atoms with E-state index in [2.05, 4.69) is 21.4 Å². The van der Waals surface area contributed by atoms with E-state index < -0.39 is 0 Å². The van der Waals surface area contributed by atoms with Gasteiger partial charge in [-0.3, -0.25) is 9.97 Å². The Bertz CT molecular complexity index is 470. The van der Waals surface area contributed by atoms with Gasteiger partial charge >= 0.3 is 0 Å². The van der Waals surface area contributed by atoms with Crippen LogP contribution < -0.4 is 5.32 Å². The first-order valence-corrected chi connectivity index (χ1v) is 5.34. The maximum Gasteiger partial charge on any atom is 0.0735 e. The maximum absolute atomic E-state index is 4.35. The minimum Gasteiger partial charge on any atom is -0.316 e. The zero-order valence-electron chi connectivity index (χ0n) is 8.48. The van der Waals surface area contributed by atoms with Crippen LogP contribution in [0.5, 0.6) is 0 Å². The second-order valence-corrected chi connectivity index (χ2v) is 3.98. The summed E-state index contributed by atoms with van der Waals surface area (Å²) in [6, 6.07) is 4.10. The lowest BCUT2D eigenvalue weighted by Gasteiger charge is -2.10. The fraction of sp³-hybridized carbons (Fsp3) is 0.333. The summed E-state index contributed by atoms with van der Waals surface area (Å²) in [5.41, 5.74) is 2.44. The number of fused-ring (bicyclic) bond motifs is 1. The summed E-state index contributed by atoms with van der Waals surface area (Å²) in [5, 5.41) is 4.60. The molecule has 1 unspecified atom stereocenters. The molecule has 1 aliphatic heterocycles. The average Bonchev–Trinajstić information content (AvgIpc) is 2.82. The fourth-order valence-electron chi connectivity index (χ4n) is 2.29. The summed E-state index contributed by atoms with van der Waals surface area (Å²) >= 11 is 0. The number of rotatable bonds is 1. The standard InChI is InChI=1S/C12H13N3/c1-4-13-7-9(1)10-2-6-15-12-3-5-14-8-11(10)12/h2-3,5-6,8-9,13H,1,4,7H2. The van der Waals surface area contributed by atoms with Crippen molar-refractivity contribution in [3.05, 3.63) is 36.3 Å². The van der Waals surface area contributed by atoms with Crippen molar-refractivity contribution in [2.24, 2.45) is 0 Å². The van der Waals surface area contributed by atoms with E-state index in [9.17, 15) is 0 Å². The molecule has 2 aromatic rings. The minimum absolute atomic E-state index is 0.625. The van der Waals surface area contributed by atoms with Crippen molar-refractivity contribution in [1.29, 1.82) is 0 Å². The lowest BCUT2D eigenvalue weighted by atomic mass is 9.96. The zero-order valence-corrected chi connectivity index (χ0v) is 8.48. The summed E-state index contributed by atoms with van der Waals surface area (Å²) in [4.78, 5) is 8.54. The van der Waals surface area contributed by atoms with Gasteiger partial charge in [0, 0.05) is 30.5 Å². The second-order valence-electron chi connectivity index (χ2n) is 3.98. The maximum atomic E-state index is 4.35. The Morgan fingerprint density at radius 3 is 3.13 bits per heavy atom. The van der Waals surface area contributed by atoms with E-state index in [1.807, 2.05) is 18.5 Å². The van der Waals surface area contributed by atoms with Crippen molar-refractivity contribution < 1.29 is 0 Å². The Morgan fingerprint density at radius 1 is 1.27 bits per heavy atom. The molecule has 0 saturated carbocycles. The van der Waals surface area contributed by atoms with E-state index in [-0.39, 0.29) is 0 Å². The molecule has 0 aromatic carbocycles. The molecule has 15 heavy (non-hydrogen) atoms. The second kappa shape index (κ2) is 3.59. The molecule has 3 rings (SSSR count). The molecule has 0 aliphatic carbocycles. The largest absolute Gasteiger partial charge is 0.316 e. The van der Waals surface area contributed by atoms with Crippen LogP contribution in [0.4, 0.5) is 0 Å². The molecule has 1 aliphatic rings. The van der Waals surface area contributed by atoms with E-state index in [1.54, 1.807) is 6.20 Å². The van der Waals surface area contributed by atoms with Crippen LogP contribution >= 0.6 is 0 Å². The van der Waals surface area contributed by atoms with E-state index >= 15 is 0 Å². The van der Waals surface area contributed by atoms with Crippen LogP contribution in [0.15, 0.2) is 30.7 Å². The Balaban J connectivity index is 2.16. The minimum atomic E-state index is 0.625. The highest BCUT2D eigenvalue weighted by Gasteiger charge is 2.18. The summed E-state index contributed by atoms with van der Waals surface area (Å²) in [6.07, 6.45) is 6.84. The number of nitrogens with one attached hydrogen (secondary N) is 1. The van der Waals surface area contributed by atoms with Crippen LogP contribution in [-0.2, 0) is 0 Å². The Hall–Kier alpha value is -1.48. The summed E-state index contributed by atoms with van der Waals surface area (Å²) in [6.45, 7) is 2.20. The average molecular weight is 199 g/mol. The first kappa shape index (κ1) is 8.80. The highest BCUT2D eigenvalue weighted by molar-refractivity contribution is 5.81. The van der Waals surface area contributed by atoms with Crippen molar-refractivity contribution in [3.8, 4) is 0 Å². The summed E-state index contributed by atoms with van der Waals surface area (Å²) in [7, 11) is 0. The molecule has 0 amide bonds. The van der Waals surface area contributed by atoms with Crippen LogP contribution in [0.25, 0.3) is 10.9 Å². The van der Waals surface area contributed by atoms with Gasteiger partial charge in [-0.15, -0.1) is 0 Å². The van der Waals surface area contributed by atoms with Gasteiger partial charge in [0.05, 0.1) is 5.52 Å². The number of hydrogen-bond acceptors (Lipinski definition) is 3. The predicted octanol–water partition coefficient (Wildman–Crippen LogP) is 1.71. The van der Waals surface area contributed by atoms with Crippen molar-refractivity contribution >= 4 is 10.9 Å². The van der Waals surface area contributed by atoms with Gasteiger partial charge in [0.2, 0.25) is 0 Å². The third-order valence-corrected chi connectivity index (χ3v) is 3.08. The molecule has 1 N–H and O–H groups in total. The lowest BCUT2D eigenvalue weighted by molar-refractivity contribution is 0.768. The predicted molar refractivity (Wildman–Crippen MR) is 59.8 cm³/mol. The molecule has 0 radical (unpaired) electrons. The van der Waals surface area contributed by atoms with Crippen LogP contribution in [0.3, 0.4) is 0 Å². The third kappa shape index (κ3) is 1.49. The van der Waals surface area contributed by atoms with Crippen molar-refractivity contribution in [1.82, 2.24) is 15.3 Å². The van der Waals surface area contributed by atoms with Gasteiger partial charge in [0.1, 0.15) is 0 Å². The molecular formula is C12H13N3. The summed E-state index contributed by atoms with van der Waals surface area (Å²) in [5.74, 6) is 0.625. The quantitative estimate of drug-likeness (QED) is 0.759. The normalized spacial score (nSPS) is 20.9. The van der Waals surface area contributed by atoms with Crippen LogP contribution in [-0.4, -0.2) is 23.1 Å².